The first kappa shape index (κ1) is 22.9. The quantitative estimate of drug-likeness (QED) is 0.498. The Bertz CT molecular complexity index is 866. The van der Waals surface area contributed by atoms with Gasteiger partial charge >= 0.3 is 5.97 Å². The summed E-state index contributed by atoms with van der Waals surface area (Å²) in [4.78, 5) is 28.2. The Kier molecular flexibility index (Phi) is 8.22. The van der Waals surface area contributed by atoms with E-state index in [-0.39, 0.29) is 17.9 Å². The van der Waals surface area contributed by atoms with Crippen LogP contribution in [-0.4, -0.2) is 48.6 Å². The summed E-state index contributed by atoms with van der Waals surface area (Å²) in [5.74, 6) is -0.546. The monoisotopic (exact) mass is 417 g/mol. The molecule has 1 amide bonds. The van der Waals surface area contributed by atoms with Crippen molar-refractivity contribution in [1.82, 2.24) is 14.8 Å². The molecule has 29 heavy (non-hydrogen) atoms. The molecular weight excluding hydrogens is 386 g/mol. The Morgan fingerprint density at radius 1 is 1.28 bits per heavy atom. The average molecular weight is 418 g/mol. The highest BCUT2D eigenvalue weighted by molar-refractivity contribution is 7.10. The van der Waals surface area contributed by atoms with Gasteiger partial charge in [0, 0.05) is 41.0 Å². The molecule has 0 spiro atoms. The first-order valence-corrected chi connectivity index (χ1v) is 10.7. The molecule has 0 saturated heterocycles. The number of thiophene rings is 1. The summed E-state index contributed by atoms with van der Waals surface area (Å²) in [6, 6.07) is 4.20. The Labute approximate surface area is 177 Å². The number of ether oxygens (including phenoxy) is 1. The zero-order valence-electron chi connectivity index (χ0n) is 18.1. The van der Waals surface area contributed by atoms with Crippen LogP contribution >= 0.6 is 11.3 Å². The highest BCUT2D eigenvalue weighted by Gasteiger charge is 2.22. The Morgan fingerprint density at radius 2 is 2.00 bits per heavy atom. The number of esters is 1. The molecule has 0 bridgehead atoms. The molecule has 2 aromatic heterocycles. The lowest BCUT2D eigenvalue weighted by atomic mass is 10.1. The molecule has 0 radical (unpaired) electrons. The average Bonchev–Trinajstić information content (AvgIpc) is 3.26. The number of hydrogen-bond acceptors (Lipinski definition) is 5. The van der Waals surface area contributed by atoms with Crippen LogP contribution in [0.5, 0.6) is 0 Å². The van der Waals surface area contributed by atoms with Crippen molar-refractivity contribution in [3.63, 3.8) is 0 Å². The van der Waals surface area contributed by atoms with E-state index < -0.39 is 0 Å². The molecule has 0 aliphatic carbocycles. The van der Waals surface area contributed by atoms with E-state index in [0.717, 1.165) is 23.5 Å². The molecule has 2 heterocycles. The van der Waals surface area contributed by atoms with Gasteiger partial charge in [0.2, 0.25) is 5.91 Å². The van der Waals surface area contributed by atoms with E-state index in [0.29, 0.717) is 18.7 Å². The Balaban J connectivity index is 2.18. The van der Waals surface area contributed by atoms with E-state index in [1.54, 1.807) is 24.3 Å². The lowest BCUT2D eigenvalue weighted by molar-refractivity contribution is -0.116. The van der Waals surface area contributed by atoms with Crippen LogP contribution in [0.1, 0.15) is 52.1 Å². The molecule has 0 saturated carbocycles. The van der Waals surface area contributed by atoms with Crippen molar-refractivity contribution in [2.24, 2.45) is 0 Å². The van der Waals surface area contributed by atoms with Crippen molar-refractivity contribution in [3.8, 4) is 0 Å². The second kappa shape index (κ2) is 10.4. The van der Waals surface area contributed by atoms with E-state index in [9.17, 15) is 9.59 Å². The summed E-state index contributed by atoms with van der Waals surface area (Å²) >= 11 is 1.67. The topological polar surface area (TPSA) is 63.6 Å². The molecule has 1 N–H and O–H groups in total. The summed E-state index contributed by atoms with van der Waals surface area (Å²) in [5, 5.41) is 5.00. The van der Waals surface area contributed by atoms with E-state index in [1.807, 2.05) is 46.3 Å². The minimum atomic E-state index is -0.356. The highest BCUT2D eigenvalue weighted by Crippen LogP contribution is 2.25. The third-order valence-corrected chi connectivity index (χ3v) is 5.97. The molecular formula is C22H31N3O3S. The van der Waals surface area contributed by atoms with Crippen molar-refractivity contribution in [2.45, 2.75) is 40.3 Å². The van der Waals surface area contributed by atoms with E-state index in [2.05, 4.69) is 20.9 Å². The maximum absolute atomic E-state index is 12.5. The molecule has 0 aliphatic heterocycles. The van der Waals surface area contributed by atoms with Gasteiger partial charge in [-0.25, -0.2) is 4.79 Å². The molecule has 7 heteroatoms. The number of rotatable bonds is 9. The molecule has 6 nitrogen and oxygen atoms in total. The predicted molar refractivity (Wildman–Crippen MR) is 118 cm³/mol. The van der Waals surface area contributed by atoms with Crippen molar-refractivity contribution < 1.29 is 14.3 Å². The molecule has 158 valence electrons. The standard InChI is InChI=1S/C22H31N3O3S/c1-7-25-15(3)17(21(16(25)4)22(27)28-8-2)11-12-20(26)23-14-18(24(5)6)19-10-9-13-29-19/h9-13,18H,7-8,14H2,1-6H3,(H,23,26)/b12-11+. The van der Waals surface area contributed by atoms with Crippen LogP contribution in [0.15, 0.2) is 23.6 Å². The highest BCUT2D eigenvalue weighted by atomic mass is 32.1. The van der Waals surface area contributed by atoms with Gasteiger partial charge < -0.3 is 19.5 Å². The zero-order valence-corrected chi connectivity index (χ0v) is 18.9. The third kappa shape index (κ3) is 5.36. The van der Waals surface area contributed by atoms with Crippen LogP contribution in [0.3, 0.4) is 0 Å². The third-order valence-electron chi connectivity index (χ3n) is 4.99. The van der Waals surface area contributed by atoms with Crippen LogP contribution in [0.2, 0.25) is 0 Å². The smallest absolute Gasteiger partial charge is 0.340 e. The number of carbonyl (C=O) groups is 2. The lowest BCUT2D eigenvalue weighted by Gasteiger charge is -2.23. The van der Waals surface area contributed by atoms with Gasteiger partial charge in [0.15, 0.2) is 0 Å². The Morgan fingerprint density at radius 3 is 2.55 bits per heavy atom. The van der Waals surface area contributed by atoms with Gasteiger partial charge in [0.25, 0.3) is 0 Å². The maximum Gasteiger partial charge on any atom is 0.340 e. The first-order valence-electron chi connectivity index (χ1n) is 9.84. The SMILES string of the molecule is CCOC(=O)c1c(/C=C/C(=O)NCC(c2cccs2)N(C)C)c(C)n(CC)c1C. The summed E-state index contributed by atoms with van der Waals surface area (Å²) < 4.78 is 7.28. The van der Waals surface area contributed by atoms with E-state index in [1.165, 1.54) is 11.0 Å². The maximum atomic E-state index is 12.5. The van der Waals surface area contributed by atoms with Gasteiger partial charge in [-0.2, -0.15) is 0 Å². The second-order valence-electron chi connectivity index (χ2n) is 7.00. The van der Waals surface area contributed by atoms with Crippen LogP contribution < -0.4 is 5.32 Å². The second-order valence-corrected chi connectivity index (χ2v) is 7.98. The van der Waals surface area contributed by atoms with E-state index in [4.69, 9.17) is 4.74 Å². The van der Waals surface area contributed by atoms with Crippen LogP contribution in [-0.2, 0) is 16.1 Å². The minimum Gasteiger partial charge on any atom is -0.462 e. The molecule has 2 rings (SSSR count). The number of likely N-dealkylation sites (N-methyl/N-ethyl adjacent to an activating group) is 1. The Hall–Kier alpha value is -2.38. The number of amides is 1. The largest absolute Gasteiger partial charge is 0.462 e. The van der Waals surface area contributed by atoms with Gasteiger partial charge in [-0.15, -0.1) is 11.3 Å². The van der Waals surface area contributed by atoms with E-state index >= 15 is 0 Å². The number of nitrogens with zero attached hydrogens (tertiary/aromatic N) is 2. The predicted octanol–water partition coefficient (Wildman–Crippen LogP) is 3.80. The fourth-order valence-electron chi connectivity index (χ4n) is 3.48. The normalized spacial score (nSPS) is 12.5. The van der Waals surface area contributed by atoms with Crippen LogP contribution in [0.4, 0.5) is 0 Å². The molecule has 0 aliphatic rings. The lowest BCUT2D eigenvalue weighted by Crippen LogP contribution is -2.33. The number of aromatic nitrogens is 1. The van der Waals surface area contributed by atoms with Gasteiger partial charge in [0.1, 0.15) is 0 Å². The van der Waals surface area contributed by atoms with Crippen LogP contribution in [0, 0.1) is 13.8 Å². The van der Waals surface area contributed by atoms with Crippen LogP contribution in [0.25, 0.3) is 6.08 Å². The van der Waals surface area contributed by atoms with Gasteiger partial charge in [-0.1, -0.05) is 6.07 Å². The first-order chi connectivity index (χ1) is 13.8. The molecule has 1 atom stereocenters. The van der Waals surface area contributed by atoms with Gasteiger partial charge in [-0.3, -0.25) is 4.79 Å². The molecule has 0 aromatic carbocycles. The summed E-state index contributed by atoms with van der Waals surface area (Å²) in [7, 11) is 4.00. The number of nitrogens with one attached hydrogen (secondary N) is 1. The molecule has 1 unspecified atom stereocenters. The fourth-order valence-corrected chi connectivity index (χ4v) is 4.40. The number of carbonyl (C=O) groups excluding carboxylic acids is 2. The van der Waals surface area contributed by atoms with Gasteiger partial charge in [0.05, 0.1) is 18.2 Å². The summed E-state index contributed by atoms with van der Waals surface area (Å²) in [5.41, 5.74) is 3.07. The number of hydrogen-bond donors (Lipinski definition) is 1. The zero-order chi connectivity index (χ0) is 21.6. The minimum absolute atomic E-state index is 0.118. The summed E-state index contributed by atoms with van der Waals surface area (Å²) in [6.07, 6.45) is 3.21. The molecule has 0 fully saturated rings. The van der Waals surface area contributed by atoms with Crippen molar-refractivity contribution in [3.05, 3.63) is 51.0 Å². The van der Waals surface area contributed by atoms with Crippen molar-refractivity contribution >= 4 is 29.3 Å². The van der Waals surface area contributed by atoms with Crippen molar-refractivity contribution in [1.29, 1.82) is 0 Å². The fraction of sp³-hybridized carbons (Fsp3) is 0.455. The van der Waals surface area contributed by atoms with Crippen molar-refractivity contribution in [2.75, 3.05) is 27.2 Å². The summed E-state index contributed by atoms with van der Waals surface area (Å²) in [6.45, 7) is 9.24. The molecule has 2 aromatic rings. The van der Waals surface area contributed by atoms with Gasteiger partial charge in [-0.05, 0) is 59.3 Å².